The van der Waals surface area contributed by atoms with E-state index in [-0.39, 0.29) is 0 Å². The van der Waals surface area contributed by atoms with E-state index < -0.39 is 23.4 Å². The van der Waals surface area contributed by atoms with Crippen molar-refractivity contribution in [3.63, 3.8) is 0 Å². The van der Waals surface area contributed by atoms with Crippen molar-refractivity contribution < 1.29 is 18.0 Å². The molecule has 0 aliphatic heterocycles. The van der Waals surface area contributed by atoms with Crippen molar-refractivity contribution >= 4 is 11.8 Å². The van der Waals surface area contributed by atoms with E-state index in [0.29, 0.717) is 6.26 Å². The zero-order valence-corrected chi connectivity index (χ0v) is 5.65. The molecular weight excluding hydrogens is 156 g/mol. The quantitative estimate of drug-likeness (QED) is 0.678. The maximum atomic E-state index is 12.4. The topological polar surface area (TPSA) is 42.2 Å². The van der Waals surface area contributed by atoms with Crippen LogP contribution in [-0.2, 0) is 4.79 Å². The molecule has 0 atom stereocenters. The highest BCUT2D eigenvalue weighted by atomic mass is 19.2. The van der Waals surface area contributed by atoms with Gasteiger partial charge in [-0.25, -0.2) is 4.39 Å². The first-order chi connectivity index (χ1) is 5.11. The minimum atomic E-state index is -1.18. The number of carbonyl (C=O) groups is 1. The molecule has 1 aromatic heterocycles. The molecule has 0 bridgehead atoms. The second kappa shape index (κ2) is 2.69. The first-order valence-corrected chi connectivity index (χ1v) is 2.81. The van der Waals surface area contributed by atoms with Crippen LogP contribution in [0.2, 0.25) is 0 Å². The van der Waals surface area contributed by atoms with E-state index in [4.69, 9.17) is 0 Å². The van der Waals surface area contributed by atoms with E-state index in [1.54, 1.807) is 0 Å². The van der Waals surface area contributed by atoms with Crippen LogP contribution >= 0.6 is 0 Å². The molecule has 1 rings (SSSR count). The summed E-state index contributed by atoms with van der Waals surface area (Å²) in [7, 11) is 0. The van der Waals surface area contributed by atoms with Gasteiger partial charge in [0.25, 0.3) is 0 Å². The first-order valence-electron chi connectivity index (χ1n) is 2.81. The molecule has 0 radical (unpaired) electrons. The number of anilines is 1. The normalized spacial score (nSPS) is 9.73. The van der Waals surface area contributed by atoms with Gasteiger partial charge in [-0.1, -0.05) is 0 Å². The van der Waals surface area contributed by atoms with Gasteiger partial charge in [-0.3, -0.25) is 10.1 Å². The fourth-order valence-electron chi connectivity index (χ4n) is 0.567. The van der Waals surface area contributed by atoms with Crippen LogP contribution in [0.4, 0.5) is 14.7 Å². The Morgan fingerprint density at radius 2 is 2.27 bits per heavy atom. The van der Waals surface area contributed by atoms with Gasteiger partial charge in [0.2, 0.25) is 17.6 Å². The highest BCUT2D eigenvalue weighted by molar-refractivity contribution is 5.87. The number of rotatable bonds is 1. The van der Waals surface area contributed by atoms with E-state index in [1.165, 1.54) is 6.92 Å². The Hall–Kier alpha value is -1.39. The number of carbonyl (C=O) groups excluding carboxylic acids is 1. The third kappa shape index (κ3) is 1.54. The van der Waals surface area contributed by atoms with E-state index in [0.717, 1.165) is 0 Å². The molecule has 0 aliphatic carbocycles. The Labute approximate surface area is 61.0 Å². The van der Waals surface area contributed by atoms with E-state index >= 15 is 0 Å². The van der Waals surface area contributed by atoms with Crippen molar-refractivity contribution in [2.24, 2.45) is 0 Å². The van der Waals surface area contributed by atoms with Crippen LogP contribution < -0.4 is 5.32 Å². The van der Waals surface area contributed by atoms with Gasteiger partial charge in [0.1, 0.15) is 6.26 Å². The smallest absolute Gasteiger partial charge is 0.238 e. The fourth-order valence-corrected chi connectivity index (χ4v) is 0.567. The van der Waals surface area contributed by atoms with Crippen molar-refractivity contribution in [3.8, 4) is 0 Å². The summed E-state index contributed by atoms with van der Waals surface area (Å²) >= 11 is 0. The van der Waals surface area contributed by atoms with Gasteiger partial charge in [-0.05, 0) is 0 Å². The Morgan fingerprint density at radius 3 is 2.64 bits per heavy atom. The molecule has 1 aromatic rings. The fraction of sp³-hybridized carbons (Fsp3) is 0.167. The van der Waals surface area contributed by atoms with Crippen LogP contribution in [0, 0.1) is 11.6 Å². The number of furan rings is 1. The van der Waals surface area contributed by atoms with Crippen LogP contribution in [0.25, 0.3) is 0 Å². The lowest BCUT2D eigenvalue weighted by Crippen LogP contribution is -2.06. The van der Waals surface area contributed by atoms with E-state index in [9.17, 15) is 13.6 Å². The van der Waals surface area contributed by atoms with Crippen LogP contribution in [0.1, 0.15) is 6.92 Å². The largest absolute Gasteiger partial charge is 0.442 e. The minimum Gasteiger partial charge on any atom is -0.442 e. The molecule has 0 saturated carbocycles. The summed E-state index contributed by atoms with van der Waals surface area (Å²) in [6, 6.07) is 0. The van der Waals surface area contributed by atoms with Gasteiger partial charge >= 0.3 is 0 Å². The minimum absolute atomic E-state index is 0.491. The third-order valence-corrected chi connectivity index (χ3v) is 0.979. The van der Waals surface area contributed by atoms with Gasteiger partial charge in [0, 0.05) is 6.92 Å². The molecule has 5 heteroatoms. The molecule has 0 spiro atoms. The van der Waals surface area contributed by atoms with E-state index in [1.807, 2.05) is 5.32 Å². The number of nitrogens with one attached hydrogen (secondary N) is 1. The summed E-state index contributed by atoms with van der Waals surface area (Å²) in [4.78, 5) is 10.3. The maximum absolute atomic E-state index is 12.4. The summed E-state index contributed by atoms with van der Waals surface area (Å²) in [5.41, 5.74) is 0. The molecule has 0 aliphatic rings. The van der Waals surface area contributed by atoms with Crippen molar-refractivity contribution in [1.82, 2.24) is 0 Å². The van der Waals surface area contributed by atoms with Crippen LogP contribution in [0.3, 0.4) is 0 Å². The summed E-state index contributed by atoms with van der Waals surface area (Å²) < 4.78 is 28.9. The number of hydrogen-bond donors (Lipinski definition) is 1. The second-order valence-electron chi connectivity index (χ2n) is 1.91. The lowest BCUT2D eigenvalue weighted by atomic mass is 10.5. The molecule has 11 heavy (non-hydrogen) atoms. The van der Waals surface area contributed by atoms with Crippen LogP contribution in [0.5, 0.6) is 0 Å². The molecule has 0 unspecified atom stereocenters. The molecule has 0 aromatic carbocycles. The van der Waals surface area contributed by atoms with Crippen LogP contribution in [0.15, 0.2) is 10.7 Å². The number of hydrogen-bond acceptors (Lipinski definition) is 2. The molecule has 0 fully saturated rings. The van der Waals surface area contributed by atoms with Crippen molar-refractivity contribution in [3.05, 3.63) is 17.9 Å². The van der Waals surface area contributed by atoms with Gasteiger partial charge < -0.3 is 4.42 Å². The monoisotopic (exact) mass is 161 g/mol. The SMILES string of the molecule is CC(=O)Nc1occ(F)c1F. The third-order valence-electron chi connectivity index (χ3n) is 0.979. The summed E-state index contributed by atoms with van der Waals surface area (Å²) in [6.45, 7) is 1.17. The zero-order chi connectivity index (χ0) is 8.43. The highest BCUT2D eigenvalue weighted by Gasteiger charge is 2.13. The van der Waals surface area contributed by atoms with Gasteiger partial charge in [0.05, 0.1) is 0 Å². The summed E-state index contributed by atoms with van der Waals surface area (Å²) in [5, 5.41) is 1.97. The zero-order valence-electron chi connectivity index (χ0n) is 5.65. The summed E-state index contributed by atoms with van der Waals surface area (Å²) in [5.74, 6) is -3.30. The van der Waals surface area contributed by atoms with Gasteiger partial charge in [0.15, 0.2) is 5.82 Å². The predicted octanol–water partition coefficient (Wildman–Crippen LogP) is 1.52. The lowest BCUT2D eigenvalue weighted by Gasteiger charge is -1.93. The molecule has 1 N–H and O–H groups in total. The van der Waals surface area contributed by atoms with Gasteiger partial charge in [-0.15, -0.1) is 0 Å². The lowest BCUT2D eigenvalue weighted by molar-refractivity contribution is -0.114. The molecule has 60 valence electrons. The Kier molecular flexibility index (Phi) is 1.89. The molecule has 0 saturated heterocycles. The Balaban J connectivity index is 2.87. The standard InChI is InChI=1S/C6H5F2NO2/c1-3(10)9-6-5(8)4(7)2-11-6/h2H,1H3,(H,9,10). The number of halogens is 2. The molecule has 1 heterocycles. The predicted molar refractivity (Wildman–Crippen MR) is 32.9 cm³/mol. The molecule has 3 nitrogen and oxygen atoms in total. The average Bonchev–Trinajstić information content (AvgIpc) is 2.18. The first kappa shape index (κ1) is 7.71. The Morgan fingerprint density at radius 1 is 1.64 bits per heavy atom. The summed E-state index contributed by atoms with van der Waals surface area (Å²) in [6.07, 6.45) is 0.584. The van der Waals surface area contributed by atoms with E-state index in [2.05, 4.69) is 4.42 Å². The molecule has 1 amide bonds. The van der Waals surface area contributed by atoms with Gasteiger partial charge in [-0.2, -0.15) is 4.39 Å². The number of amides is 1. The Bertz CT molecular complexity index is 282. The second-order valence-corrected chi connectivity index (χ2v) is 1.91. The van der Waals surface area contributed by atoms with Crippen molar-refractivity contribution in [2.75, 3.05) is 5.32 Å². The maximum Gasteiger partial charge on any atom is 0.238 e. The van der Waals surface area contributed by atoms with Crippen molar-refractivity contribution in [2.45, 2.75) is 6.92 Å². The van der Waals surface area contributed by atoms with Crippen LogP contribution in [-0.4, -0.2) is 5.91 Å². The van der Waals surface area contributed by atoms with Crippen molar-refractivity contribution in [1.29, 1.82) is 0 Å². The average molecular weight is 161 g/mol. The highest BCUT2D eigenvalue weighted by Crippen LogP contribution is 2.18. The molecular formula is C6H5F2NO2.